The average molecular weight is 263 g/mol. The van der Waals surface area contributed by atoms with Crippen LogP contribution in [0.25, 0.3) is 0 Å². The van der Waals surface area contributed by atoms with Crippen LogP contribution in [0.5, 0.6) is 0 Å². The van der Waals surface area contributed by atoms with Gasteiger partial charge in [0.15, 0.2) is 0 Å². The maximum Gasteiger partial charge on any atom is 0.241 e. The number of hydrogen-bond donors (Lipinski definition) is 1. The summed E-state index contributed by atoms with van der Waals surface area (Å²) in [5, 5.41) is 0. The lowest BCUT2D eigenvalue weighted by molar-refractivity contribution is 0.539. The Bertz CT molecular complexity index is 609. The van der Waals surface area contributed by atoms with Gasteiger partial charge in [0.25, 0.3) is 0 Å². The topological polar surface area (TPSA) is 46.2 Å². The van der Waals surface area contributed by atoms with Crippen LogP contribution in [0, 0.1) is 12.3 Å². The summed E-state index contributed by atoms with van der Waals surface area (Å²) in [4.78, 5) is 0.298. The van der Waals surface area contributed by atoms with Crippen LogP contribution in [0.15, 0.2) is 23.1 Å². The van der Waals surface area contributed by atoms with Crippen molar-refractivity contribution in [3.8, 4) is 12.3 Å². The number of benzene rings is 1. The maximum absolute atomic E-state index is 12.2. The first-order chi connectivity index (χ1) is 8.34. The molecule has 4 heteroatoms. The summed E-state index contributed by atoms with van der Waals surface area (Å²) >= 11 is 0. The fraction of sp³-hybridized carbons (Fsp3) is 0.429. The van der Waals surface area contributed by atoms with E-state index in [-0.39, 0.29) is 0 Å². The van der Waals surface area contributed by atoms with Crippen LogP contribution in [0.2, 0.25) is 0 Å². The summed E-state index contributed by atoms with van der Waals surface area (Å²) in [6.45, 7) is 3.33. The number of hydrogen-bond acceptors (Lipinski definition) is 2. The molecule has 0 unspecified atom stereocenters. The molecule has 0 bridgehead atoms. The van der Waals surface area contributed by atoms with Crippen LogP contribution < -0.4 is 4.72 Å². The molecule has 18 heavy (non-hydrogen) atoms. The Kier molecular flexibility index (Phi) is 3.22. The smallest absolute Gasteiger partial charge is 0.207 e. The highest BCUT2D eigenvalue weighted by molar-refractivity contribution is 7.89. The van der Waals surface area contributed by atoms with E-state index in [1.165, 1.54) is 5.56 Å². The number of terminal acetylenes is 1. The highest BCUT2D eigenvalue weighted by Gasteiger charge is 2.25. The Labute approximate surface area is 109 Å². The first-order valence-electron chi connectivity index (χ1n) is 5.98. The maximum atomic E-state index is 12.2. The van der Waals surface area contributed by atoms with Gasteiger partial charge in [-0.05, 0) is 56.4 Å². The van der Waals surface area contributed by atoms with Crippen LogP contribution >= 0.6 is 0 Å². The Hall–Kier alpha value is -1.31. The van der Waals surface area contributed by atoms with E-state index in [2.05, 4.69) is 10.6 Å². The van der Waals surface area contributed by atoms with E-state index in [0.717, 1.165) is 24.8 Å². The quantitative estimate of drug-likeness (QED) is 0.846. The molecule has 1 N–H and O–H groups in total. The number of rotatable bonds is 3. The van der Waals surface area contributed by atoms with Crippen molar-refractivity contribution in [1.29, 1.82) is 0 Å². The highest BCUT2D eigenvalue weighted by atomic mass is 32.2. The van der Waals surface area contributed by atoms with Crippen LogP contribution in [0.4, 0.5) is 0 Å². The minimum Gasteiger partial charge on any atom is -0.207 e. The first-order valence-corrected chi connectivity index (χ1v) is 7.46. The van der Waals surface area contributed by atoms with E-state index in [1.807, 2.05) is 6.07 Å². The van der Waals surface area contributed by atoms with Gasteiger partial charge in [0.2, 0.25) is 10.0 Å². The van der Waals surface area contributed by atoms with E-state index in [4.69, 9.17) is 6.42 Å². The average Bonchev–Trinajstić information content (AvgIpc) is 2.74. The molecule has 2 rings (SSSR count). The molecule has 1 aromatic rings. The first kappa shape index (κ1) is 13.1. The van der Waals surface area contributed by atoms with Gasteiger partial charge >= 0.3 is 0 Å². The lowest BCUT2D eigenvalue weighted by atomic mass is 10.1. The summed E-state index contributed by atoms with van der Waals surface area (Å²) in [5.74, 6) is 2.43. The van der Waals surface area contributed by atoms with Crippen molar-refractivity contribution in [2.75, 3.05) is 0 Å². The molecule has 0 aliphatic heterocycles. The van der Waals surface area contributed by atoms with Crippen LogP contribution in [0.1, 0.15) is 31.4 Å². The van der Waals surface area contributed by atoms with Crippen molar-refractivity contribution >= 4 is 10.0 Å². The molecule has 0 aromatic heterocycles. The summed E-state index contributed by atoms with van der Waals surface area (Å²) in [6.07, 6.45) is 8.40. The van der Waals surface area contributed by atoms with Gasteiger partial charge < -0.3 is 0 Å². The zero-order valence-electron chi connectivity index (χ0n) is 10.7. The van der Waals surface area contributed by atoms with Gasteiger partial charge in [-0.2, -0.15) is 4.72 Å². The molecule has 0 heterocycles. The summed E-state index contributed by atoms with van der Waals surface area (Å²) in [5.41, 5.74) is 1.51. The zero-order chi connectivity index (χ0) is 13.4. The van der Waals surface area contributed by atoms with Crippen molar-refractivity contribution in [3.63, 3.8) is 0 Å². The summed E-state index contributed by atoms with van der Waals surface area (Å²) in [6, 6.07) is 5.32. The van der Waals surface area contributed by atoms with Crippen molar-refractivity contribution < 1.29 is 8.42 Å². The van der Waals surface area contributed by atoms with Gasteiger partial charge in [0.05, 0.1) is 10.4 Å². The molecule has 0 fully saturated rings. The second-order valence-corrected chi connectivity index (χ2v) is 6.84. The van der Waals surface area contributed by atoms with Gasteiger partial charge in [-0.15, -0.1) is 6.42 Å². The molecule has 0 spiro atoms. The third-order valence-electron chi connectivity index (χ3n) is 3.13. The Morgan fingerprint density at radius 3 is 2.61 bits per heavy atom. The van der Waals surface area contributed by atoms with Crippen LogP contribution in [-0.4, -0.2) is 14.0 Å². The summed E-state index contributed by atoms with van der Waals surface area (Å²) in [7, 11) is -3.54. The monoisotopic (exact) mass is 263 g/mol. The molecule has 0 radical (unpaired) electrons. The molecule has 1 aromatic carbocycles. The number of fused-ring (bicyclic) bond motifs is 1. The number of nitrogens with one attached hydrogen (secondary N) is 1. The third-order valence-corrected chi connectivity index (χ3v) is 4.78. The van der Waals surface area contributed by atoms with Crippen molar-refractivity contribution in [2.24, 2.45) is 0 Å². The van der Waals surface area contributed by atoms with E-state index in [1.54, 1.807) is 26.0 Å². The van der Waals surface area contributed by atoms with E-state index < -0.39 is 15.6 Å². The molecule has 0 saturated carbocycles. The normalized spacial score (nSPS) is 15.2. The molecule has 96 valence electrons. The molecule has 0 saturated heterocycles. The Balaban J connectivity index is 2.34. The Morgan fingerprint density at radius 1 is 1.28 bits per heavy atom. The molecular formula is C14H17NO2S. The standard InChI is InChI=1S/C14H17NO2S/c1-4-14(2,3)15-18(16,17)13-9-8-11-6-5-7-12(11)10-13/h1,8-10,15H,5-7H2,2-3H3. The van der Waals surface area contributed by atoms with Crippen LogP contribution in [0.3, 0.4) is 0 Å². The molecule has 0 amide bonds. The molecule has 1 aliphatic carbocycles. The van der Waals surface area contributed by atoms with Crippen molar-refractivity contribution in [3.05, 3.63) is 29.3 Å². The molecule has 3 nitrogen and oxygen atoms in total. The third kappa shape index (κ3) is 2.58. The number of aryl methyl sites for hydroxylation is 2. The number of sulfonamides is 1. The molecular weight excluding hydrogens is 246 g/mol. The van der Waals surface area contributed by atoms with Gasteiger partial charge in [0, 0.05) is 0 Å². The lowest BCUT2D eigenvalue weighted by Crippen LogP contribution is -2.41. The Morgan fingerprint density at radius 2 is 1.94 bits per heavy atom. The predicted octanol–water partition coefficient (Wildman–Crippen LogP) is 1.87. The fourth-order valence-corrected chi connectivity index (χ4v) is 3.53. The van der Waals surface area contributed by atoms with E-state index in [9.17, 15) is 8.42 Å². The van der Waals surface area contributed by atoms with Crippen molar-refractivity contribution in [2.45, 2.75) is 43.5 Å². The predicted molar refractivity (Wildman–Crippen MR) is 71.7 cm³/mol. The van der Waals surface area contributed by atoms with Gasteiger partial charge in [0.1, 0.15) is 0 Å². The highest BCUT2D eigenvalue weighted by Crippen LogP contribution is 2.25. The van der Waals surface area contributed by atoms with E-state index in [0.29, 0.717) is 4.90 Å². The fourth-order valence-electron chi connectivity index (χ4n) is 2.14. The van der Waals surface area contributed by atoms with Gasteiger partial charge in [-0.3, -0.25) is 0 Å². The van der Waals surface area contributed by atoms with Gasteiger partial charge in [-0.25, -0.2) is 8.42 Å². The summed E-state index contributed by atoms with van der Waals surface area (Å²) < 4.78 is 26.9. The molecule has 0 atom stereocenters. The lowest BCUT2D eigenvalue weighted by Gasteiger charge is -2.19. The molecule has 1 aliphatic rings. The zero-order valence-corrected chi connectivity index (χ0v) is 11.5. The van der Waals surface area contributed by atoms with Crippen molar-refractivity contribution in [1.82, 2.24) is 4.72 Å². The van der Waals surface area contributed by atoms with Crippen LogP contribution in [-0.2, 0) is 22.9 Å². The van der Waals surface area contributed by atoms with E-state index >= 15 is 0 Å². The SMILES string of the molecule is C#CC(C)(C)NS(=O)(=O)c1ccc2c(c1)CCC2. The second kappa shape index (κ2) is 4.42. The minimum atomic E-state index is -3.54. The van der Waals surface area contributed by atoms with Gasteiger partial charge in [-0.1, -0.05) is 12.0 Å². The minimum absolute atomic E-state index is 0.298. The largest absolute Gasteiger partial charge is 0.241 e. The second-order valence-electron chi connectivity index (χ2n) is 5.16.